The molecule has 1 aromatic carbocycles. The third-order valence-corrected chi connectivity index (χ3v) is 5.96. The van der Waals surface area contributed by atoms with Crippen LogP contribution in [0.25, 0.3) is 0 Å². The Morgan fingerprint density at radius 1 is 1.04 bits per heavy atom. The Labute approximate surface area is 140 Å². The van der Waals surface area contributed by atoms with E-state index >= 15 is 0 Å². The van der Waals surface area contributed by atoms with Crippen LogP contribution in [0.4, 0.5) is 13.2 Å². The summed E-state index contributed by atoms with van der Waals surface area (Å²) in [6.45, 7) is 0.440. The number of alkyl halides is 3. The fourth-order valence-electron chi connectivity index (χ4n) is 4.53. The summed E-state index contributed by atoms with van der Waals surface area (Å²) in [5.74, 6) is 1.65. The van der Waals surface area contributed by atoms with Gasteiger partial charge in [-0.1, -0.05) is 18.6 Å². The first-order valence-corrected chi connectivity index (χ1v) is 8.88. The number of hydrogen-bond donors (Lipinski definition) is 0. The first-order valence-electron chi connectivity index (χ1n) is 8.88. The molecular formula is C19H22F3NO. The van der Waals surface area contributed by atoms with Gasteiger partial charge in [-0.15, -0.1) is 0 Å². The van der Waals surface area contributed by atoms with Crippen LogP contribution in [0.2, 0.25) is 0 Å². The van der Waals surface area contributed by atoms with Gasteiger partial charge in [0.1, 0.15) is 0 Å². The summed E-state index contributed by atoms with van der Waals surface area (Å²) in [5, 5.41) is 0. The molecule has 0 N–H and O–H groups in total. The van der Waals surface area contributed by atoms with Gasteiger partial charge in [0.25, 0.3) is 0 Å². The lowest BCUT2D eigenvalue weighted by Gasteiger charge is -2.30. The van der Waals surface area contributed by atoms with Crippen molar-refractivity contribution in [2.75, 3.05) is 0 Å². The summed E-state index contributed by atoms with van der Waals surface area (Å²) < 4.78 is 38.0. The van der Waals surface area contributed by atoms with E-state index in [4.69, 9.17) is 0 Å². The zero-order valence-electron chi connectivity index (χ0n) is 13.6. The minimum absolute atomic E-state index is 0.152. The van der Waals surface area contributed by atoms with Gasteiger partial charge in [-0.05, 0) is 61.6 Å². The molecule has 0 radical (unpaired) electrons. The minimum Gasteiger partial charge on any atom is -0.335 e. The summed E-state index contributed by atoms with van der Waals surface area (Å²) in [6.07, 6.45) is 2.36. The predicted octanol–water partition coefficient (Wildman–Crippen LogP) is 4.63. The molecule has 4 rings (SSSR count). The fraction of sp³-hybridized carbons (Fsp3) is 0.632. The normalized spacial score (nSPS) is 29.0. The maximum Gasteiger partial charge on any atom is 0.416 e. The van der Waals surface area contributed by atoms with E-state index in [-0.39, 0.29) is 11.8 Å². The fourth-order valence-corrected chi connectivity index (χ4v) is 4.53. The monoisotopic (exact) mass is 337 g/mol. The van der Waals surface area contributed by atoms with Gasteiger partial charge < -0.3 is 4.90 Å². The minimum atomic E-state index is -4.31. The molecule has 3 fully saturated rings. The topological polar surface area (TPSA) is 20.3 Å². The molecule has 1 aromatic rings. The van der Waals surface area contributed by atoms with Gasteiger partial charge in [0.05, 0.1) is 5.56 Å². The lowest BCUT2D eigenvalue weighted by atomic mass is 9.87. The van der Waals surface area contributed by atoms with E-state index in [0.29, 0.717) is 18.5 Å². The number of fused-ring (bicyclic) bond motifs is 2. The Morgan fingerprint density at radius 2 is 1.75 bits per heavy atom. The first kappa shape index (κ1) is 16.0. The van der Waals surface area contributed by atoms with Crippen LogP contribution in [-0.4, -0.2) is 16.8 Å². The SMILES string of the molecule is O=C(C1CC2CCC1C2)N(Cc1ccc(C(F)(F)F)cc1)C1CC1. The van der Waals surface area contributed by atoms with Crippen molar-refractivity contribution in [2.45, 2.75) is 57.3 Å². The third kappa shape index (κ3) is 3.05. The molecule has 0 spiro atoms. The molecule has 2 bridgehead atoms. The number of halogens is 3. The summed E-state index contributed by atoms with van der Waals surface area (Å²) >= 11 is 0. The first-order chi connectivity index (χ1) is 11.4. The molecule has 130 valence electrons. The van der Waals surface area contributed by atoms with Gasteiger partial charge >= 0.3 is 6.18 Å². The van der Waals surface area contributed by atoms with Crippen LogP contribution in [0.5, 0.6) is 0 Å². The molecule has 1 amide bonds. The molecule has 0 heterocycles. The Morgan fingerprint density at radius 3 is 2.25 bits per heavy atom. The molecule has 0 saturated heterocycles. The molecule has 3 atom stereocenters. The molecular weight excluding hydrogens is 315 g/mol. The van der Waals surface area contributed by atoms with Crippen molar-refractivity contribution in [3.05, 3.63) is 35.4 Å². The summed E-state index contributed by atoms with van der Waals surface area (Å²) in [4.78, 5) is 14.9. The van der Waals surface area contributed by atoms with Crippen LogP contribution < -0.4 is 0 Å². The second-order valence-electron chi connectivity index (χ2n) is 7.67. The van der Waals surface area contributed by atoms with Crippen molar-refractivity contribution >= 4 is 5.91 Å². The van der Waals surface area contributed by atoms with E-state index in [1.807, 2.05) is 4.90 Å². The highest BCUT2D eigenvalue weighted by atomic mass is 19.4. The number of rotatable bonds is 4. The highest BCUT2D eigenvalue weighted by Gasteiger charge is 2.46. The molecule has 0 aromatic heterocycles. The second-order valence-corrected chi connectivity index (χ2v) is 7.67. The van der Waals surface area contributed by atoms with Crippen molar-refractivity contribution in [1.29, 1.82) is 0 Å². The molecule has 0 aliphatic heterocycles. The highest BCUT2D eigenvalue weighted by Crippen LogP contribution is 2.49. The Bertz CT molecular complexity index is 620. The van der Waals surface area contributed by atoms with Crippen LogP contribution in [0.15, 0.2) is 24.3 Å². The van der Waals surface area contributed by atoms with Gasteiger partial charge in [-0.3, -0.25) is 4.79 Å². The average Bonchev–Trinajstić information content (AvgIpc) is 3.17. The van der Waals surface area contributed by atoms with Gasteiger partial charge in [0, 0.05) is 18.5 Å². The number of carbonyl (C=O) groups excluding carboxylic acids is 1. The third-order valence-electron chi connectivity index (χ3n) is 5.96. The van der Waals surface area contributed by atoms with E-state index in [9.17, 15) is 18.0 Å². The van der Waals surface area contributed by atoms with Crippen LogP contribution in [0, 0.1) is 17.8 Å². The van der Waals surface area contributed by atoms with Crippen molar-refractivity contribution < 1.29 is 18.0 Å². The molecule has 5 heteroatoms. The van der Waals surface area contributed by atoms with Crippen LogP contribution in [-0.2, 0) is 17.5 Å². The van der Waals surface area contributed by atoms with E-state index < -0.39 is 11.7 Å². The van der Waals surface area contributed by atoms with Crippen molar-refractivity contribution in [1.82, 2.24) is 4.90 Å². The van der Waals surface area contributed by atoms with Crippen molar-refractivity contribution in [3.8, 4) is 0 Å². The average molecular weight is 337 g/mol. The predicted molar refractivity (Wildman–Crippen MR) is 84.0 cm³/mol. The molecule has 3 aliphatic rings. The molecule has 3 saturated carbocycles. The lowest BCUT2D eigenvalue weighted by Crippen LogP contribution is -2.39. The summed E-state index contributed by atoms with van der Waals surface area (Å²) in [5.41, 5.74) is 0.148. The van der Waals surface area contributed by atoms with E-state index in [1.54, 1.807) is 0 Å². The lowest BCUT2D eigenvalue weighted by molar-refractivity contribution is -0.139. The zero-order valence-corrected chi connectivity index (χ0v) is 13.6. The van der Waals surface area contributed by atoms with Gasteiger partial charge in [0.15, 0.2) is 0 Å². The largest absolute Gasteiger partial charge is 0.416 e. The molecule has 2 nitrogen and oxygen atoms in total. The highest BCUT2D eigenvalue weighted by molar-refractivity contribution is 5.80. The van der Waals surface area contributed by atoms with Crippen molar-refractivity contribution in [3.63, 3.8) is 0 Å². The summed E-state index contributed by atoms with van der Waals surface area (Å²) in [6, 6.07) is 5.53. The number of carbonyl (C=O) groups is 1. The number of amides is 1. The van der Waals surface area contributed by atoms with Crippen LogP contribution in [0.1, 0.15) is 49.7 Å². The molecule has 24 heavy (non-hydrogen) atoms. The quantitative estimate of drug-likeness (QED) is 0.784. The van der Waals surface area contributed by atoms with E-state index in [0.717, 1.165) is 42.9 Å². The van der Waals surface area contributed by atoms with E-state index in [2.05, 4.69) is 0 Å². The number of benzene rings is 1. The van der Waals surface area contributed by atoms with E-state index in [1.165, 1.54) is 31.4 Å². The number of nitrogens with zero attached hydrogens (tertiary/aromatic N) is 1. The Balaban J connectivity index is 1.47. The van der Waals surface area contributed by atoms with Crippen LogP contribution in [0.3, 0.4) is 0 Å². The second kappa shape index (κ2) is 5.78. The summed E-state index contributed by atoms with van der Waals surface area (Å²) in [7, 11) is 0. The molecule has 3 unspecified atom stereocenters. The Hall–Kier alpha value is -1.52. The van der Waals surface area contributed by atoms with Gasteiger partial charge in [0.2, 0.25) is 5.91 Å². The van der Waals surface area contributed by atoms with Crippen molar-refractivity contribution in [2.24, 2.45) is 17.8 Å². The van der Waals surface area contributed by atoms with Gasteiger partial charge in [-0.2, -0.15) is 13.2 Å². The Kier molecular flexibility index (Phi) is 3.85. The maximum atomic E-state index is 13.0. The molecule has 3 aliphatic carbocycles. The zero-order chi connectivity index (χ0) is 16.9. The smallest absolute Gasteiger partial charge is 0.335 e. The standard InChI is InChI=1S/C19H22F3NO/c20-19(21,22)15-5-2-12(3-6-15)11-23(16-7-8-16)18(24)17-10-13-1-4-14(17)9-13/h2-3,5-6,13-14,16-17H,1,4,7-11H2. The van der Waals surface area contributed by atoms with Gasteiger partial charge in [-0.25, -0.2) is 0 Å². The maximum absolute atomic E-state index is 13.0. The number of hydrogen-bond acceptors (Lipinski definition) is 1. The van der Waals surface area contributed by atoms with Crippen LogP contribution >= 0.6 is 0 Å².